The lowest BCUT2D eigenvalue weighted by atomic mass is 10.0. The molecule has 0 heterocycles. The molecule has 0 aliphatic carbocycles. The molecule has 0 rings (SSSR count). The molecule has 0 amide bonds. The highest BCUT2D eigenvalue weighted by Gasteiger charge is 2.40. The molecule has 21 heavy (non-hydrogen) atoms. The van der Waals surface area contributed by atoms with Crippen LogP contribution in [0.1, 0.15) is 78.1 Å². The summed E-state index contributed by atoms with van der Waals surface area (Å²) in [5.74, 6) is 0. The summed E-state index contributed by atoms with van der Waals surface area (Å²) in [6, 6.07) is 0. The first-order valence-electron chi connectivity index (χ1n) is 9.42. The van der Waals surface area contributed by atoms with Crippen LogP contribution in [0.2, 0.25) is 32.7 Å². The Morgan fingerprint density at radius 1 is 0.667 bits per heavy atom. The van der Waals surface area contributed by atoms with Crippen LogP contribution in [-0.4, -0.2) is 21.5 Å². The molecule has 0 spiro atoms. The van der Waals surface area contributed by atoms with Crippen molar-refractivity contribution in [1.29, 1.82) is 0 Å². The number of unbranched alkanes of at least 4 members (excludes halogenated alkanes) is 6. The minimum atomic E-state index is -1.45. The van der Waals surface area contributed by atoms with Crippen LogP contribution >= 0.6 is 0 Å². The van der Waals surface area contributed by atoms with Crippen LogP contribution in [-0.2, 0) is 4.43 Å². The van der Waals surface area contributed by atoms with Crippen LogP contribution < -0.4 is 0 Å². The van der Waals surface area contributed by atoms with E-state index >= 15 is 0 Å². The van der Waals surface area contributed by atoms with E-state index in [0.29, 0.717) is 6.10 Å². The molecular formula is C18H42OSi2. The molecule has 0 aromatic heterocycles. The lowest BCUT2D eigenvalue weighted by Gasteiger charge is -2.38. The summed E-state index contributed by atoms with van der Waals surface area (Å²) in [5, 5.41) is 0. The zero-order valence-electron chi connectivity index (χ0n) is 16.1. The molecule has 0 N–H and O–H groups in total. The summed E-state index contributed by atoms with van der Waals surface area (Å²) in [5.41, 5.74) is 0. The average molecular weight is 331 g/mol. The highest BCUT2D eigenvalue weighted by atomic mass is 29.3. The molecule has 128 valence electrons. The van der Waals surface area contributed by atoms with Gasteiger partial charge in [0.05, 0.1) is 7.59 Å². The maximum atomic E-state index is 6.69. The van der Waals surface area contributed by atoms with Gasteiger partial charge >= 0.3 is 0 Å². The largest absolute Gasteiger partial charge is 0.417 e. The molecule has 0 saturated carbocycles. The fourth-order valence-electron chi connectivity index (χ4n) is 2.51. The van der Waals surface area contributed by atoms with Crippen molar-refractivity contribution in [2.75, 3.05) is 0 Å². The molecule has 0 aliphatic rings. The normalized spacial score (nSPS) is 14.4. The highest BCUT2D eigenvalue weighted by molar-refractivity contribution is 7.37. The van der Waals surface area contributed by atoms with Crippen molar-refractivity contribution in [3.63, 3.8) is 0 Å². The Kier molecular flexibility index (Phi) is 11.2. The Labute approximate surface area is 137 Å². The molecule has 0 bridgehead atoms. The van der Waals surface area contributed by atoms with E-state index in [0.717, 1.165) is 0 Å². The molecule has 1 nitrogen and oxygen atoms in total. The zero-order valence-corrected chi connectivity index (χ0v) is 18.1. The predicted octanol–water partition coefficient (Wildman–Crippen LogP) is 6.93. The van der Waals surface area contributed by atoms with Crippen LogP contribution in [0.4, 0.5) is 0 Å². The minimum Gasteiger partial charge on any atom is -0.417 e. The van der Waals surface area contributed by atoms with Gasteiger partial charge in [-0.2, -0.15) is 0 Å². The van der Waals surface area contributed by atoms with E-state index in [1.54, 1.807) is 0 Å². The second-order valence-corrected chi connectivity index (χ2v) is 24.1. The van der Waals surface area contributed by atoms with E-state index < -0.39 is 15.4 Å². The van der Waals surface area contributed by atoms with Crippen LogP contribution in [0.15, 0.2) is 0 Å². The first kappa shape index (κ1) is 21.4. The van der Waals surface area contributed by atoms with Gasteiger partial charge in [0.2, 0.25) is 0 Å². The Balaban J connectivity index is 4.03. The quantitative estimate of drug-likeness (QED) is 0.263. The topological polar surface area (TPSA) is 9.23 Å². The fourth-order valence-corrected chi connectivity index (χ4v) is 5.49. The maximum Gasteiger partial charge on any atom is 0.173 e. The van der Waals surface area contributed by atoms with Gasteiger partial charge < -0.3 is 4.43 Å². The second kappa shape index (κ2) is 11.0. The van der Waals surface area contributed by atoms with Gasteiger partial charge in [0.1, 0.15) is 0 Å². The van der Waals surface area contributed by atoms with Gasteiger partial charge in [-0.3, -0.25) is 0 Å². The van der Waals surface area contributed by atoms with Gasteiger partial charge in [0, 0.05) is 6.10 Å². The lowest BCUT2D eigenvalue weighted by Crippen LogP contribution is -2.56. The summed E-state index contributed by atoms with van der Waals surface area (Å²) in [7, 11) is -2.58. The zero-order chi connectivity index (χ0) is 16.4. The van der Waals surface area contributed by atoms with Gasteiger partial charge in [-0.15, -0.1) is 0 Å². The monoisotopic (exact) mass is 330 g/mol. The number of rotatable bonds is 13. The van der Waals surface area contributed by atoms with E-state index in [-0.39, 0.29) is 0 Å². The van der Waals surface area contributed by atoms with Gasteiger partial charge in [0.25, 0.3) is 0 Å². The van der Waals surface area contributed by atoms with Crippen molar-refractivity contribution in [1.82, 2.24) is 0 Å². The molecule has 0 aromatic carbocycles. The maximum absolute atomic E-state index is 6.69. The third-order valence-corrected chi connectivity index (χ3v) is 20.7. The molecule has 3 heteroatoms. The minimum absolute atomic E-state index is 0.541. The molecule has 0 aliphatic heterocycles. The molecular weight excluding hydrogens is 288 g/mol. The fraction of sp³-hybridized carbons (Fsp3) is 1.00. The summed E-state index contributed by atoms with van der Waals surface area (Å²) in [6.07, 6.45) is 14.2. The SMILES string of the molecule is CCCCCCCCCC(CCC)O[Si](C)(C)[Si](C)(C)C. The lowest BCUT2D eigenvalue weighted by molar-refractivity contribution is 0.172. The third-order valence-electron chi connectivity index (χ3n) is 5.01. The van der Waals surface area contributed by atoms with Crippen LogP contribution in [0, 0.1) is 0 Å². The van der Waals surface area contributed by atoms with Gasteiger partial charge in [0.15, 0.2) is 7.83 Å². The van der Waals surface area contributed by atoms with Crippen LogP contribution in [0.3, 0.4) is 0 Å². The molecule has 1 unspecified atom stereocenters. The highest BCUT2D eigenvalue weighted by Crippen LogP contribution is 2.25. The van der Waals surface area contributed by atoms with Gasteiger partial charge in [-0.25, -0.2) is 0 Å². The van der Waals surface area contributed by atoms with Crippen molar-refractivity contribution >= 4 is 15.4 Å². The number of hydrogen-bond donors (Lipinski definition) is 0. The molecule has 0 fully saturated rings. The Morgan fingerprint density at radius 3 is 1.67 bits per heavy atom. The Bertz CT molecular complexity index is 246. The van der Waals surface area contributed by atoms with Gasteiger partial charge in [-0.1, -0.05) is 84.9 Å². The van der Waals surface area contributed by atoms with E-state index in [1.165, 1.54) is 64.2 Å². The molecule has 0 saturated heterocycles. The smallest absolute Gasteiger partial charge is 0.173 e. The summed E-state index contributed by atoms with van der Waals surface area (Å²) >= 11 is 0. The van der Waals surface area contributed by atoms with Crippen LogP contribution in [0.5, 0.6) is 0 Å². The van der Waals surface area contributed by atoms with Crippen molar-refractivity contribution in [2.45, 2.75) is 117 Å². The van der Waals surface area contributed by atoms with E-state index in [2.05, 4.69) is 46.6 Å². The Hall–Kier alpha value is 0.394. The predicted molar refractivity (Wildman–Crippen MR) is 103 cm³/mol. The Morgan fingerprint density at radius 2 is 1.19 bits per heavy atom. The van der Waals surface area contributed by atoms with Crippen LogP contribution in [0.25, 0.3) is 0 Å². The number of hydrogen-bond acceptors (Lipinski definition) is 1. The van der Waals surface area contributed by atoms with Crippen molar-refractivity contribution in [3.8, 4) is 0 Å². The molecule has 0 radical (unpaired) electrons. The van der Waals surface area contributed by atoms with Crippen molar-refractivity contribution in [2.24, 2.45) is 0 Å². The second-order valence-electron chi connectivity index (χ2n) is 8.20. The van der Waals surface area contributed by atoms with E-state index in [4.69, 9.17) is 4.43 Å². The van der Waals surface area contributed by atoms with E-state index in [1.807, 2.05) is 0 Å². The first-order valence-corrected chi connectivity index (χ1v) is 16.8. The first-order chi connectivity index (χ1) is 9.74. The third kappa shape index (κ3) is 9.90. The molecule has 1 atom stereocenters. The summed E-state index contributed by atoms with van der Waals surface area (Å²) in [4.78, 5) is 0. The standard InChI is InChI=1S/C18H42OSi2/c1-8-10-11-12-13-14-15-17-18(16-9-2)19-21(6,7)20(3,4)5/h18H,8-17H2,1-7H3. The van der Waals surface area contributed by atoms with Gasteiger partial charge in [-0.05, 0) is 25.9 Å². The molecule has 0 aromatic rings. The van der Waals surface area contributed by atoms with Crippen molar-refractivity contribution in [3.05, 3.63) is 0 Å². The summed E-state index contributed by atoms with van der Waals surface area (Å²) in [6.45, 7) is 16.9. The van der Waals surface area contributed by atoms with E-state index in [9.17, 15) is 0 Å². The average Bonchev–Trinajstić information content (AvgIpc) is 2.36. The summed E-state index contributed by atoms with van der Waals surface area (Å²) < 4.78 is 6.69. The van der Waals surface area contributed by atoms with Crippen molar-refractivity contribution < 1.29 is 4.43 Å².